The lowest BCUT2D eigenvalue weighted by molar-refractivity contribution is -0.125. The van der Waals surface area contributed by atoms with Gasteiger partial charge in [0, 0.05) is 16.5 Å². The fourth-order valence-corrected chi connectivity index (χ4v) is 2.46. The van der Waals surface area contributed by atoms with Crippen LogP contribution in [0.1, 0.15) is 23.7 Å². The average molecular weight is 419 g/mol. The summed E-state index contributed by atoms with van der Waals surface area (Å²) in [7, 11) is 0. The number of para-hydroxylation sites is 1. The first-order valence-electron chi connectivity index (χ1n) is 8.06. The van der Waals surface area contributed by atoms with Crippen molar-refractivity contribution in [3.63, 3.8) is 0 Å². The number of ether oxygens (including phenoxy) is 1. The monoisotopic (exact) mass is 418 g/mol. The maximum atomic E-state index is 11.9. The highest BCUT2D eigenvalue weighted by molar-refractivity contribution is 9.10. The molecule has 2 rings (SSSR count). The third-order valence-corrected chi connectivity index (χ3v) is 4.15. The van der Waals surface area contributed by atoms with Gasteiger partial charge in [-0.3, -0.25) is 14.4 Å². The molecule has 0 atom stereocenters. The molecule has 0 saturated heterocycles. The summed E-state index contributed by atoms with van der Waals surface area (Å²) in [5.41, 5.74) is 1.23. The largest absolute Gasteiger partial charge is 0.484 e. The van der Waals surface area contributed by atoms with Gasteiger partial charge in [-0.2, -0.15) is 0 Å². The van der Waals surface area contributed by atoms with E-state index in [1.807, 2.05) is 6.07 Å². The molecule has 6 nitrogen and oxygen atoms in total. The number of benzene rings is 2. The fraction of sp³-hybridized carbons (Fsp3) is 0.211. The summed E-state index contributed by atoms with van der Waals surface area (Å²) in [6, 6.07) is 13.8. The van der Waals surface area contributed by atoms with Gasteiger partial charge in [-0.05, 0) is 52.3 Å². The minimum absolute atomic E-state index is 0.0466. The molecule has 136 valence electrons. The number of hydrogen-bond acceptors (Lipinski definition) is 4. The Kier molecular flexibility index (Phi) is 7.35. The minimum atomic E-state index is -0.416. The molecule has 7 heteroatoms. The molecule has 0 fully saturated rings. The molecule has 0 unspecified atom stereocenters. The summed E-state index contributed by atoms with van der Waals surface area (Å²) in [5, 5.41) is 5.17. The van der Waals surface area contributed by atoms with E-state index in [2.05, 4.69) is 26.6 Å². The molecule has 0 radical (unpaired) electrons. The zero-order valence-corrected chi connectivity index (χ0v) is 15.8. The SMILES string of the molecule is CCC(=O)c1ccc(OCC(=O)NCC(=O)Nc2ccccc2Br)cc1. The molecule has 2 aromatic carbocycles. The van der Waals surface area contributed by atoms with Gasteiger partial charge in [-0.1, -0.05) is 19.1 Å². The Morgan fingerprint density at radius 2 is 1.69 bits per heavy atom. The molecule has 0 spiro atoms. The molecule has 0 saturated carbocycles. The van der Waals surface area contributed by atoms with Gasteiger partial charge in [0.05, 0.1) is 12.2 Å². The molecule has 2 aromatic rings. The number of anilines is 1. The number of ketones is 1. The second-order valence-corrected chi connectivity index (χ2v) is 6.25. The lowest BCUT2D eigenvalue weighted by Crippen LogP contribution is -2.35. The summed E-state index contributed by atoms with van der Waals surface area (Å²) in [6.07, 6.45) is 0.435. The molecular formula is C19H19BrN2O4. The number of hydrogen-bond donors (Lipinski definition) is 2. The smallest absolute Gasteiger partial charge is 0.258 e. The van der Waals surface area contributed by atoms with Crippen LogP contribution in [0.25, 0.3) is 0 Å². The molecule has 0 aliphatic rings. The second-order valence-electron chi connectivity index (χ2n) is 5.39. The maximum Gasteiger partial charge on any atom is 0.258 e. The van der Waals surface area contributed by atoms with E-state index >= 15 is 0 Å². The Balaban J connectivity index is 1.74. The number of nitrogens with one attached hydrogen (secondary N) is 2. The quantitative estimate of drug-likeness (QED) is 0.644. The van der Waals surface area contributed by atoms with E-state index < -0.39 is 5.91 Å². The van der Waals surface area contributed by atoms with E-state index in [0.29, 0.717) is 23.4 Å². The van der Waals surface area contributed by atoms with Gasteiger partial charge in [0.25, 0.3) is 5.91 Å². The molecule has 2 N–H and O–H groups in total. The van der Waals surface area contributed by atoms with Gasteiger partial charge >= 0.3 is 0 Å². The molecule has 0 aliphatic heterocycles. The van der Waals surface area contributed by atoms with Crippen LogP contribution in [0.5, 0.6) is 5.75 Å². The van der Waals surface area contributed by atoms with Crippen LogP contribution in [0.2, 0.25) is 0 Å². The van der Waals surface area contributed by atoms with Crippen molar-refractivity contribution in [1.29, 1.82) is 0 Å². The zero-order valence-electron chi connectivity index (χ0n) is 14.3. The van der Waals surface area contributed by atoms with Crippen molar-refractivity contribution in [1.82, 2.24) is 5.32 Å². The number of rotatable bonds is 8. The van der Waals surface area contributed by atoms with Crippen LogP contribution >= 0.6 is 15.9 Å². The van der Waals surface area contributed by atoms with Crippen LogP contribution in [0.3, 0.4) is 0 Å². The van der Waals surface area contributed by atoms with Gasteiger partial charge in [-0.15, -0.1) is 0 Å². The first kappa shape index (κ1) is 19.7. The Labute approximate surface area is 160 Å². The van der Waals surface area contributed by atoms with Crippen molar-refractivity contribution in [2.45, 2.75) is 13.3 Å². The van der Waals surface area contributed by atoms with Crippen molar-refractivity contribution in [3.05, 3.63) is 58.6 Å². The van der Waals surface area contributed by atoms with E-state index in [-0.39, 0.29) is 24.8 Å². The van der Waals surface area contributed by atoms with Crippen LogP contribution in [0.15, 0.2) is 53.0 Å². The molecule has 0 aromatic heterocycles. The third-order valence-electron chi connectivity index (χ3n) is 3.46. The summed E-state index contributed by atoms with van der Waals surface area (Å²) in [6.45, 7) is 1.42. The van der Waals surface area contributed by atoms with Crippen molar-refractivity contribution in [3.8, 4) is 5.75 Å². The van der Waals surface area contributed by atoms with Crippen LogP contribution in [-0.2, 0) is 9.59 Å². The first-order chi connectivity index (χ1) is 12.5. The Bertz CT molecular complexity index is 790. The highest BCUT2D eigenvalue weighted by atomic mass is 79.9. The predicted octanol–water partition coefficient (Wildman–Crippen LogP) is 3.18. The summed E-state index contributed by atoms with van der Waals surface area (Å²) < 4.78 is 6.10. The van der Waals surface area contributed by atoms with Gasteiger partial charge in [0.2, 0.25) is 5.91 Å². The first-order valence-corrected chi connectivity index (χ1v) is 8.86. The normalized spacial score (nSPS) is 10.1. The predicted molar refractivity (Wildman–Crippen MR) is 102 cm³/mol. The topological polar surface area (TPSA) is 84.5 Å². The summed E-state index contributed by atoms with van der Waals surface area (Å²) in [5.74, 6) is -0.232. The van der Waals surface area contributed by atoms with Crippen LogP contribution < -0.4 is 15.4 Å². The van der Waals surface area contributed by atoms with E-state index in [1.54, 1.807) is 49.4 Å². The van der Waals surface area contributed by atoms with E-state index in [0.717, 1.165) is 4.47 Å². The highest BCUT2D eigenvalue weighted by Gasteiger charge is 2.09. The number of halogens is 1. The number of amides is 2. The number of carbonyl (C=O) groups is 3. The lowest BCUT2D eigenvalue weighted by atomic mass is 10.1. The van der Waals surface area contributed by atoms with Crippen LogP contribution in [-0.4, -0.2) is 30.7 Å². The molecule has 0 heterocycles. The van der Waals surface area contributed by atoms with Crippen molar-refractivity contribution in [2.75, 3.05) is 18.5 Å². The summed E-state index contributed by atoms with van der Waals surface area (Å²) in [4.78, 5) is 35.2. The molecule has 0 bridgehead atoms. The molecule has 2 amide bonds. The lowest BCUT2D eigenvalue weighted by Gasteiger charge is -2.09. The average Bonchev–Trinajstić information content (AvgIpc) is 2.66. The fourth-order valence-electron chi connectivity index (χ4n) is 2.08. The van der Waals surface area contributed by atoms with E-state index in [1.165, 1.54) is 0 Å². The summed E-state index contributed by atoms with van der Waals surface area (Å²) >= 11 is 3.33. The Morgan fingerprint density at radius 1 is 1.00 bits per heavy atom. The van der Waals surface area contributed by atoms with E-state index in [9.17, 15) is 14.4 Å². The molecular weight excluding hydrogens is 400 g/mol. The van der Waals surface area contributed by atoms with Crippen LogP contribution in [0.4, 0.5) is 5.69 Å². The Morgan fingerprint density at radius 3 is 2.35 bits per heavy atom. The maximum absolute atomic E-state index is 11.9. The van der Waals surface area contributed by atoms with Crippen LogP contribution in [0, 0.1) is 0 Å². The van der Waals surface area contributed by atoms with Gasteiger partial charge < -0.3 is 15.4 Å². The number of carbonyl (C=O) groups excluding carboxylic acids is 3. The van der Waals surface area contributed by atoms with Crippen molar-refractivity contribution < 1.29 is 19.1 Å². The van der Waals surface area contributed by atoms with Crippen molar-refractivity contribution in [2.24, 2.45) is 0 Å². The van der Waals surface area contributed by atoms with Crippen molar-refractivity contribution >= 4 is 39.2 Å². The van der Waals surface area contributed by atoms with Gasteiger partial charge in [-0.25, -0.2) is 0 Å². The highest BCUT2D eigenvalue weighted by Crippen LogP contribution is 2.20. The Hall–Kier alpha value is -2.67. The van der Waals surface area contributed by atoms with E-state index in [4.69, 9.17) is 4.74 Å². The third kappa shape index (κ3) is 6.00. The number of Topliss-reactive ketones (excluding diaryl/α,β-unsaturated/α-hetero) is 1. The molecule has 26 heavy (non-hydrogen) atoms. The second kappa shape index (κ2) is 9.72. The zero-order chi connectivity index (χ0) is 18.9. The molecule has 0 aliphatic carbocycles. The van der Waals surface area contributed by atoms with Gasteiger partial charge in [0.1, 0.15) is 5.75 Å². The van der Waals surface area contributed by atoms with Gasteiger partial charge in [0.15, 0.2) is 12.4 Å². The standard InChI is InChI=1S/C19H19BrN2O4/c1-2-17(23)13-7-9-14(10-8-13)26-12-19(25)21-11-18(24)22-16-6-4-3-5-15(16)20/h3-10H,2,11-12H2,1H3,(H,21,25)(H,22,24). The minimum Gasteiger partial charge on any atom is -0.484 e.